The lowest BCUT2D eigenvalue weighted by Gasteiger charge is -2.06. The number of fused-ring (bicyclic) bond motifs is 1. The normalized spacial score (nSPS) is 10.8. The Morgan fingerprint density at radius 3 is 2.62 bits per heavy atom. The van der Waals surface area contributed by atoms with Gasteiger partial charge in [-0.1, -0.05) is 24.3 Å². The molecule has 146 valence electrons. The molecule has 0 bridgehead atoms. The summed E-state index contributed by atoms with van der Waals surface area (Å²) in [7, 11) is 1.95. The van der Waals surface area contributed by atoms with Gasteiger partial charge in [0.2, 0.25) is 0 Å². The summed E-state index contributed by atoms with van der Waals surface area (Å²) in [4.78, 5) is 29.8. The zero-order chi connectivity index (χ0) is 20.2. The number of carbonyl (C=O) groups excluding carboxylic acids is 2. The molecule has 0 aliphatic carbocycles. The molecule has 29 heavy (non-hydrogen) atoms. The molecule has 0 unspecified atom stereocenters. The van der Waals surface area contributed by atoms with Crippen LogP contribution in [0.2, 0.25) is 0 Å². The lowest BCUT2D eigenvalue weighted by Crippen LogP contribution is -2.25. The fourth-order valence-electron chi connectivity index (χ4n) is 3.13. The lowest BCUT2D eigenvalue weighted by molar-refractivity contribution is 0.0957. The van der Waals surface area contributed by atoms with Crippen molar-refractivity contribution < 1.29 is 9.59 Å². The van der Waals surface area contributed by atoms with Crippen molar-refractivity contribution in [1.29, 1.82) is 0 Å². The molecule has 0 saturated heterocycles. The maximum atomic E-state index is 12.3. The number of nitrogens with one attached hydrogen (secondary N) is 2. The second-order valence-electron chi connectivity index (χ2n) is 6.59. The van der Waals surface area contributed by atoms with E-state index >= 15 is 0 Å². The van der Waals surface area contributed by atoms with Crippen molar-refractivity contribution in [3.8, 4) is 0 Å². The Labute approximate surface area is 172 Å². The Morgan fingerprint density at radius 2 is 1.86 bits per heavy atom. The van der Waals surface area contributed by atoms with Gasteiger partial charge in [-0.25, -0.2) is 4.98 Å². The van der Waals surface area contributed by atoms with Crippen molar-refractivity contribution >= 4 is 39.9 Å². The number of aryl methyl sites for hydroxylation is 1. The van der Waals surface area contributed by atoms with Crippen LogP contribution in [0.15, 0.2) is 66.0 Å². The van der Waals surface area contributed by atoms with Gasteiger partial charge in [-0.05, 0) is 41.8 Å². The van der Waals surface area contributed by atoms with Crippen LogP contribution in [0.1, 0.15) is 25.9 Å². The van der Waals surface area contributed by atoms with E-state index in [4.69, 9.17) is 0 Å². The van der Waals surface area contributed by atoms with Gasteiger partial charge in [0, 0.05) is 31.3 Å². The molecule has 0 atom stereocenters. The van der Waals surface area contributed by atoms with E-state index in [0.717, 1.165) is 16.9 Å². The third-order valence-corrected chi connectivity index (χ3v) is 5.52. The van der Waals surface area contributed by atoms with E-state index in [9.17, 15) is 9.59 Å². The third-order valence-electron chi connectivity index (χ3n) is 4.65. The minimum atomic E-state index is -0.155. The molecule has 2 heterocycles. The average Bonchev–Trinajstić information content (AvgIpc) is 3.37. The number of amides is 2. The second-order valence-corrected chi connectivity index (χ2v) is 7.54. The highest BCUT2D eigenvalue weighted by Gasteiger charge is 2.11. The fraction of sp³-hybridized carbons (Fsp3) is 0.136. The summed E-state index contributed by atoms with van der Waals surface area (Å²) in [5, 5.41) is 7.71. The molecule has 0 aliphatic heterocycles. The van der Waals surface area contributed by atoms with E-state index in [-0.39, 0.29) is 11.8 Å². The third kappa shape index (κ3) is 4.20. The molecule has 0 aliphatic rings. The predicted molar refractivity (Wildman–Crippen MR) is 115 cm³/mol. The number of benzene rings is 2. The summed E-state index contributed by atoms with van der Waals surface area (Å²) >= 11 is 1.42. The molecule has 2 N–H and O–H groups in total. The number of anilines is 1. The zero-order valence-electron chi connectivity index (χ0n) is 15.9. The maximum Gasteiger partial charge on any atom is 0.261 e. The molecule has 4 aromatic rings. The summed E-state index contributed by atoms with van der Waals surface area (Å²) < 4.78 is 2.01. The van der Waals surface area contributed by atoms with Crippen LogP contribution in [0, 0.1) is 0 Å². The summed E-state index contributed by atoms with van der Waals surface area (Å²) in [6, 6.07) is 18.4. The van der Waals surface area contributed by atoms with Crippen molar-refractivity contribution in [2.75, 3.05) is 11.9 Å². The fourth-order valence-corrected chi connectivity index (χ4v) is 3.77. The highest BCUT2D eigenvalue weighted by molar-refractivity contribution is 7.12. The van der Waals surface area contributed by atoms with Crippen LogP contribution in [-0.4, -0.2) is 27.9 Å². The van der Waals surface area contributed by atoms with Crippen LogP contribution in [0.5, 0.6) is 0 Å². The first-order valence-electron chi connectivity index (χ1n) is 9.25. The Balaban J connectivity index is 1.44. The molecular formula is C22H20N4O2S. The number of hydrogen-bond acceptors (Lipinski definition) is 4. The van der Waals surface area contributed by atoms with Crippen LogP contribution in [-0.2, 0) is 13.5 Å². The summed E-state index contributed by atoms with van der Waals surface area (Å²) in [6.45, 7) is 0.505. The quantitative estimate of drug-likeness (QED) is 0.512. The molecule has 2 aromatic carbocycles. The Bertz CT molecular complexity index is 1150. The number of imidazole rings is 1. The standard InChI is InChI=1S/C22H20N4O2S/c1-26-18-10-9-16(24-21(27)15-6-3-2-4-7-15)14-17(18)25-20(26)11-12-23-22(28)19-8-5-13-29-19/h2-10,13-14H,11-12H2,1H3,(H,23,28)(H,24,27). The van der Waals surface area contributed by atoms with Gasteiger partial charge in [0.05, 0.1) is 15.9 Å². The van der Waals surface area contributed by atoms with Gasteiger partial charge < -0.3 is 15.2 Å². The maximum absolute atomic E-state index is 12.3. The highest BCUT2D eigenvalue weighted by Crippen LogP contribution is 2.20. The molecule has 2 amide bonds. The minimum Gasteiger partial charge on any atom is -0.351 e. The smallest absolute Gasteiger partial charge is 0.261 e. The molecule has 2 aromatic heterocycles. The molecule has 7 heteroatoms. The molecule has 0 radical (unpaired) electrons. The molecule has 0 fully saturated rings. The Hall–Kier alpha value is -3.45. The topological polar surface area (TPSA) is 76.0 Å². The zero-order valence-corrected chi connectivity index (χ0v) is 16.7. The van der Waals surface area contributed by atoms with Crippen LogP contribution in [0.25, 0.3) is 11.0 Å². The molecule has 4 rings (SSSR count). The summed E-state index contributed by atoms with van der Waals surface area (Å²) in [5.74, 6) is 0.653. The van der Waals surface area contributed by atoms with Gasteiger partial charge in [-0.2, -0.15) is 0 Å². The van der Waals surface area contributed by atoms with Crippen molar-refractivity contribution in [3.63, 3.8) is 0 Å². The first-order valence-corrected chi connectivity index (χ1v) is 10.1. The van der Waals surface area contributed by atoms with Gasteiger partial charge in [0.15, 0.2) is 0 Å². The van der Waals surface area contributed by atoms with Crippen LogP contribution in [0.4, 0.5) is 5.69 Å². The minimum absolute atomic E-state index is 0.0651. The number of hydrogen-bond donors (Lipinski definition) is 2. The van der Waals surface area contributed by atoms with Crippen LogP contribution < -0.4 is 10.6 Å². The van der Waals surface area contributed by atoms with E-state index in [1.807, 2.05) is 59.5 Å². The van der Waals surface area contributed by atoms with Crippen LogP contribution in [0.3, 0.4) is 0 Å². The lowest BCUT2D eigenvalue weighted by atomic mass is 10.2. The second kappa shape index (κ2) is 8.28. The molecule has 0 spiro atoms. The van der Waals surface area contributed by atoms with E-state index in [1.165, 1.54) is 11.3 Å². The first kappa shape index (κ1) is 18.9. The predicted octanol–water partition coefficient (Wildman–Crippen LogP) is 3.86. The summed E-state index contributed by atoms with van der Waals surface area (Å²) in [5.41, 5.74) is 3.08. The van der Waals surface area contributed by atoms with Crippen molar-refractivity contribution in [1.82, 2.24) is 14.9 Å². The van der Waals surface area contributed by atoms with Gasteiger partial charge in [-0.15, -0.1) is 11.3 Å². The van der Waals surface area contributed by atoms with Crippen molar-refractivity contribution in [2.45, 2.75) is 6.42 Å². The molecule has 0 saturated carbocycles. The van der Waals surface area contributed by atoms with Crippen LogP contribution >= 0.6 is 11.3 Å². The molecular weight excluding hydrogens is 384 g/mol. The largest absolute Gasteiger partial charge is 0.351 e. The Morgan fingerprint density at radius 1 is 1.03 bits per heavy atom. The number of thiophene rings is 1. The highest BCUT2D eigenvalue weighted by atomic mass is 32.1. The monoisotopic (exact) mass is 404 g/mol. The number of rotatable bonds is 6. The number of carbonyl (C=O) groups is 2. The van der Waals surface area contributed by atoms with E-state index < -0.39 is 0 Å². The molecule has 6 nitrogen and oxygen atoms in total. The number of nitrogens with zero attached hydrogens (tertiary/aromatic N) is 2. The van der Waals surface area contributed by atoms with Gasteiger partial charge in [0.25, 0.3) is 11.8 Å². The van der Waals surface area contributed by atoms with E-state index in [1.54, 1.807) is 18.2 Å². The van der Waals surface area contributed by atoms with Gasteiger partial charge in [0.1, 0.15) is 5.82 Å². The SMILES string of the molecule is Cn1c(CCNC(=O)c2cccs2)nc2cc(NC(=O)c3ccccc3)ccc21. The average molecular weight is 404 g/mol. The van der Waals surface area contributed by atoms with E-state index in [0.29, 0.717) is 29.1 Å². The first-order chi connectivity index (χ1) is 14.1. The summed E-state index contributed by atoms with van der Waals surface area (Å²) in [6.07, 6.45) is 0.619. The van der Waals surface area contributed by atoms with Gasteiger partial charge >= 0.3 is 0 Å². The van der Waals surface area contributed by atoms with E-state index in [2.05, 4.69) is 15.6 Å². The number of aromatic nitrogens is 2. The van der Waals surface area contributed by atoms with Gasteiger partial charge in [-0.3, -0.25) is 9.59 Å². The van der Waals surface area contributed by atoms with Crippen molar-refractivity contribution in [3.05, 3.63) is 82.3 Å². The Kier molecular flexibility index (Phi) is 5.39. The van der Waals surface area contributed by atoms with Crippen molar-refractivity contribution in [2.24, 2.45) is 7.05 Å².